The molecule has 5 atom stereocenters. The largest absolute Gasteiger partial charge is 0.465 e. The van der Waals surface area contributed by atoms with Gasteiger partial charge >= 0.3 is 29.8 Å². The maximum absolute atomic E-state index is 13.4. The van der Waals surface area contributed by atoms with E-state index < -0.39 is 11.5 Å². The van der Waals surface area contributed by atoms with Gasteiger partial charge in [0.25, 0.3) is 0 Å². The Bertz CT molecular complexity index is 1230. The molecule has 60 heavy (non-hydrogen) atoms. The number of hydrogen-bond donors (Lipinski definition) is 0. The molecule has 346 valence electrons. The molecule has 0 radical (unpaired) electrons. The van der Waals surface area contributed by atoms with Crippen LogP contribution in [0, 0.1) is 23.2 Å². The zero-order chi connectivity index (χ0) is 44.0. The van der Waals surface area contributed by atoms with Gasteiger partial charge in [-0.25, -0.2) is 0 Å². The van der Waals surface area contributed by atoms with Crippen LogP contribution in [0.25, 0.3) is 0 Å². The summed E-state index contributed by atoms with van der Waals surface area (Å²) in [6.07, 6.45) is 23.4. The number of ether oxygens (including phenoxy) is 5. The Morgan fingerprint density at radius 3 is 1.85 bits per heavy atom. The fraction of sp³-hybridized carbons (Fsp3) is 0.857. The van der Waals surface area contributed by atoms with Gasteiger partial charge in [-0.3, -0.25) is 24.0 Å². The second-order valence-corrected chi connectivity index (χ2v) is 18.1. The molecule has 1 aliphatic carbocycles. The lowest BCUT2D eigenvalue weighted by Crippen LogP contribution is -2.36. The molecule has 1 heterocycles. The van der Waals surface area contributed by atoms with Crippen LogP contribution >= 0.6 is 0 Å². The van der Waals surface area contributed by atoms with Crippen LogP contribution < -0.4 is 0 Å². The van der Waals surface area contributed by atoms with E-state index in [4.69, 9.17) is 23.7 Å². The van der Waals surface area contributed by atoms with Crippen molar-refractivity contribution in [1.29, 1.82) is 0 Å². The van der Waals surface area contributed by atoms with E-state index in [2.05, 4.69) is 44.7 Å². The molecular formula is C49H85NO10. The van der Waals surface area contributed by atoms with E-state index in [1.807, 2.05) is 14.0 Å². The number of unbranched alkanes of at least 4 members (excludes halogenated alkanes) is 10. The van der Waals surface area contributed by atoms with Crippen molar-refractivity contribution in [2.45, 2.75) is 207 Å². The van der Waals surface area contributed by atoms with Crippen molar-refractivity contribution in [3.63, 3.8) is 0 Å². The Labute approximate surface area is 364 Å². The van der Waals surface area contributed by atoms with Crippen molar-refractivity contribution >= 4 is 29.8 Å². The lowest BCUT2D eigenvalue weighted by molar-refractivity contribution is -0.163. The third-order valence-corrected chi connectivity index (χ3v) is 12.3. The predicted octanol–water partition coefficient (Wildman–Crippen LogP) is 10.6. The lowest BCUT2D eigenvalue weighted by Gasteiger charge is -2.28. The first-order valence-corrected chi connectivity index (χ1v) is 24.1. The minimum atomic E-state index is -0.523. The van der Waals surface area contributed by atoms with Crippen molar-refractivity contribution < 1.29 is 47.7 Å². The van der Waals surface area contributed by atoms with E-state index in [1.54, 1.807) is 0 Å². The van der Waals surface area contributed by atoms with E-state index in [0.29, 0.717) is 45.1 Å². The highest BCUT2D eigenvalue weighted by Gasteiger charge is 2.45. The van der Waals surface area contributed by atoms with E-state index in [9.17, 15) is 24.0 Å². The van der Waals surface area contributed by atoms with Gasteiger partial charge in [0.2, 0.25) is 0 Å². The van der Waals surface area contributed by atoms with Crippen LogP contribution in [0.15, 0.2) is 12.2 Å². The van der Waals surface area contributed by atoms with Crippen LogP contribution in [0.4, 0.5) is 0 Å². The summed E-state index contributed by atoms with van der Waals surface area (Å²) in [6, 6.07) is 0. The molecule has 11 heteroatoms. The molecule has 0 spiro atoms. The van der Waals surface area contributed by atoms with Gasteiger partial charge in [-0.2, -0.15) is 0 Å². The number of allylic oxidation sites excluding steroid dienone is 2. The van der Waals surface area contributed by atoms with Gasteiger partial charge < -0.3 is 28.6 Å². The highest BCUT2D eigenvalue weighted by molar-refractivity contribution is 5.77. The van der Waals surface area contributed by atoms with Crippen molar-refractivity contribution in [2.75, 3.05) is 40.0 Å². The van der Waals surface area contributed by atoms with Crippen LogP contribution in [-0.2, 0) is 47.7 Å². The number of esters is 5. The highest BCUT2D eigenvalue weighted by Crippen LogP contribution is 2.41. The summed E-state index contributed by atoms with van der Waals surface area (Å²) in [5, 5.41) is 0. The molecule has 1 saturated carbocycles. The summed E-state index contributed by atoms with van der Waals surface area (Å²) < 4.78 is 29.1. The second-order valence-electron chi connectivity index (χ2n) is 18.1. The van der Waals surface area contributed by atoms with Gasteiger partial charge in [-0.1, -0.05) is 104 Å². The number of carbonyl (C=O) groups is 5. The first-order chi connectivity index (χ1) is 28.9. The van der Waals surface area contributed by atoms with Crippen LogP contribution in [-0.4, -0.2) is 86.9 Å². The minimum Gasteiger partial charge on any atom is -0.465 e. The predicted molar refractivity (Wildman–Crippen MR) is 236 cm³/mol. The third-order valence-electron chi connectivity index (χ3n) is 12.3. The van der Waals surface area contributed by atoms with Gasteiger partial charge in [0, 0.05) is 44.1 Å². The summed E-state index contributed by atoms with van der Waals surface area (Å²) in [5.74, 6) is -1.31. The fourth-order valence-corrected chi connectivity index (χ4v) is 8.47. The maximum atomic E-state index is 13.4. The van der Waals surface area contributed by atoms with E-state index in [-0.39, 0.29) is 86.4 Å². The number of rotatable bonds is 34. The van der Waals surface area contributed by atoms with Crippen molar-refractivity contribution in [3.05, 3.63) is 12.2 Å². The molecule has 2 aliphatic rings. The molecule has 2 fully saturated rings. The summed E-state index contributed by atoms with van der Waals surface area (Å²) in [4.78, 5) is 66.7. The summed E-state index contributed by atoms with van der Waals surface area (Å²) in [5.41, 5.74) is -0.506. The van der Waals surface area contributed by atoms with Gasteiger partial charge in [0.05, 0.1) is 18.6 Å². The highest BCUT2D eigenvalue weighted by atomic mass is 16.6. The SMILES string of the molecule is CC/C=C\CC1C(CC(=O)OCC(CCCCCCCC)OC(=O)CCCCC(COC(=O)CCCCC)COC(=O)CCCCC)CCC1OC(=O)C1(C)CCN(C)C1. The normalized spacial score (nSPS) is 21.0. The number of nitrogens with zero attached hydrogens (tertiary/aromatic N) is 1. The standard InChI is InChI=1S/C49H85NO10/c1-7-11-15-16-17-21-25-41(59-46(53)29-23-22-24-39(35-56-44(51)27-19-13-9-3)36-57-45(52)28-20-14-10-4)37-58-47(54)34-40-30-31-43(42(40)26-18-12-8-2)60-48(55)49(5)32-33-50(6)38-49/h12,18,39-43H,7-11,13-17,19-38H2,1-6H3/b18-12-. The molecule has 11 nitrogen and oxygen atoms in total. The molecule has 0 aromatic carbocycles. The summed E-state index contributed by atoms with van der Waals surface area (Å²) in [7, 11) is 2.03. The molecule has 0 aromatic heterocycles. The topological polar surface area (TPSA) is 135 Å². The molecule has 2 rings (SSSR count). The molecule has 0 bridgehead atoms. The van der Waals surface area contributed by atoms with Crippen LogP contribution in [0.5, 0.6) is 0 Å². The van der Waals surface area contributed by atoms with E-state index in [0.717, 1.165) is 96.4 Å². The first kappa shape index (κ1) is 53.2. The molecule has 0 aromatic rings. The van der Waals surface area contributed by atoms with Gasteiger partial charge in [-0.05, 0) is 97.1 Å². The van der Waals surface area contributed by atoms with Crippen molar-refractivity contribution in [3.8, 4) is 0 Å². The van der Waals surface area contributed by atoms with Crippen molar-refractivity contribution in [1.82, 2.24) is 4.90 Å². The Morgan fingerprint density at radius 2 is 1.23 bits per heavy atom. The Balaban J connectivity index is 1.94. The summed E-state index contributed by atoms with van der Waals surface area (Å²) in [6.45, 7) is 12.4. The molecule has 0 N–H and O–H groups in total. The Kier molecular flexibility index (Phi) is 28.2. The molecule has 1 saturated heterocycles. The average Bonchev–Trinajstić information content (AvgIpc) is 3.78. The van der Waals surface area contributed by atoms with Gasteiger partial charge in [0.1, 0.15) is 18.8 Å². The van der Waals surface area contributed by atoms with E-state index >= 15 is 0 Å². The zero-order valence-corrected chi connectivity index (χ0v) is 38.8. The fourth-order valence-electron chi connectivity index (χ4n) is 8.47. The van der Waals surface area contributed by atoms with Gasteiger partial charge in [-0.15, -0.1) is 0 Å². The molecular weight excluding hydrogens is 763 g/mol. The third kappa shape index (κ3) is 22.8. The first-order valence-electron chi connectivity index (χ1n) is 24.1. The second kappa shape index (κ2) is 31.8. The quantitative estimate of drug-likeness (QED) is 0.0265. The van der Waals surface area contributed by atoms with Crippen molar-refractivity contribution in [2.24, 2.45) is 23.2 Å². The lowest BCUT2D eigenvalue weighted by atomic mass is 9.87. The molecule has 5 unspecified atom stereocenters. The molecule has 1 aliphatic heterocycles. The smallest absolute Gasteiger partial charge is 0.313 e. The van der Waals surface area contributed by atoms with Crippen LogP contribution in [0.3, 0.4) is 0 Å². The maximum Gasteiger partial charge on any atom is 0.313 e. The number of hydrogen-bond acceptors (Lipinski definition) is 11. The number of carbonyl (C=O) groups excluding carboxylic acids is 5. The minimum absolute atomic E-state index is 0.0201. The number of likely N-dealkylation sites (tertiary alicyclic amines) is 1. The Hall–Kier alpha value is -2.95. The average molecular weight is 848 g/mol. The van der Waals surface area contributed by atoms with Crippen LogP contribution in [0.1, 0.15) is 195 Å². The van der Waals surface area contributed by atoms with E-state index in [1.165, 1.54) is 19.3 Å². The van der Waals surface area contributed by atoms with Gasteiger partial charge in [0.15, 0.2) is 0 Å². The zero-order valence-electron chi connectivity index (χ0n) is 38.8. The monoisotopic (exact) mass is 848 g/mol. The molecule has 0 amide bonds. The van der Waals surface area contributed by atoms with Crippen LogP contribution in [0.2, 0.25) is 0 Å². The Morgan fingerprint density at radius 1 is 0.667 bits per heavy atom. The summed E-state index contributed by atoms with van der Waals surface area (Å²) >= 11 is 0.